The zero-order valence-corrected chi connectivity index (χ0v) is 17.5. The molecule has 1 aliphatic heterocycles. The van der Waals surface area contributed by atoms with Gasteiger partial charge in [0.2, 0.25) is 15.9 Å². The van der Waals surface area contributed by atoms with Crippen LogP contribution in [-0.2, 0) is 14.8 Å². The van der Waals surface area contributed by atoms with Crippen LogP contribution in [0.1, 0.15) is 49.0 Å². The van der Waals surface area contributed by atoms with E-state index in [0.717, 1.165) is 37.2 Å². The van der Waals surface area contributed by atoms with Crippen LogP contribution in [0.5, 0.6) is 0 Å². The van der Waals surface area contributed by atoms with Gasteiger partial charge in [0, 0.05) is 49.8 Å². The molecular weight excluding hydrogens is 400 g/mol. The van der Waals surface area contributed by atoms with Gasteiger partial charge in [0.15, 0.2) is 0 Å². The van der Waals surface area contributed by atoms with Crippen LogP contribution >= 0.6 is 11.8 Å². The third kappa shape index (κ3) is 5.51. The topological polar surface area (TPSA) is 111 Å². The summed E-state index contributed by atoms with van der Waals surface area (Å²) in [5, 5.41) is 5.68. The first-order valence-electron chi connectivity index (χ1n) is 9.81. The minimum absolute atomic E-state index is 0.0649. The summed E-state index contributed by atoms with van der Waals surface area (Å²) in [4.78, 5) is 27.1. The predicted molar refractivity (Wildman–Crippen MR) is 109 cm³/mol. The summed E-state index contributed by atoms with van der Waals surface area (Å²) >= 11 is 1.73. The van der Waals surface area contributed by atoms with Crippen molar-refractivity contribution in [3.63, 3.8) is 0 Å². The number of amides is 2. The Kier molecular flexibility index (Phi) is 7.42. The molecule has 2 amide bonds. The maximum absolute atomic E-state index is 12.6. The summed E-state index contributed by atoms with van der Waals surface area (Å²) in [5.41, 5.74) is 0.178. The second kappa shape index (κ2) is 9.80. The minimum atomic E-state index is -3.58. The average Bonchev–Trinajstić information content (AvgIpc) is 3.20. The summed E-state index contributed by atoms with van der Waals surface area (Å²) < 4.78 is 26.7. The van der Waals surface area contributed by atoms with Crippen LogP contribution in [0.4, 0.5) is 0 Å². The molecule has 0 radical (unpaired) electrons. The van der Waals surface area contributed by atoms with Gasteiger partial charge in [-0.1, -0.05) is 19.3 Å². The number of carbonyl (C=O) groups excluding carboxylic acids is 2. The van der Waals surface area contributed by atoms with E-state index in [1.54, 1.807) is 11.8 Å². The van der Waals surface area contributed by atoms with E-state index in [-0.39, 0.29) is 35.5 Å². The number of thioether (sulfide) groups is 1. The molecule has 0 atom stereocenters. The number of nitrogens with zero attached hydrogens (tertiary/aromatic N) is 1. The summed E-state index contributed by atoms with van der Waals surface area (Å²) in [5.74, 6) is 1.07. The Morgan fingerprint density at radius 2 is 1.89 bits per heavy atom. The van der Waals surface area contributed by atoms with Gasteiger partial charge < -0.3 is 15.6 Å². The van der Waals surface area contributed by atoms with Gasteiger partial charge in [0.25, 0.3) is 5.91 Å². The molecule has 8 nitrogen and oxygen atoms in total. The highest BCUT2D eigenvalue weighted by molar-refractivity contribution is 7.99. The van der Waals surface area contributed by atoms with Crippen molar-refractivity contribution in [2.45, 2.75) is 49.5 Å². The van der Waals surface area contributed by atoms with Crippen molar-refractivity contribution in [2.75, 3.05) is 31.1 Å². The van der Waals surface area contributed by atoms with Gasteiger partial charge in [0.1, 0.15) is 10.6 Å². The molecule has 10 heteroatoms. The highest BCUT2D eigenvalue weighted by Crippen LogP contribution is 2.21. The molecule has 28 heavy (non-hydrogen) atoms. The van der Waals surface area contributed by atoms with Crippen molar-refractivity contribution in [1.29, 1.82) is 0 Å². The quantitative estimate of drug-likeness (QED) is 0.607. The molecule has 1 saturated heterocycles. The van der Waals surface area contributed by atoms with Gasteiger partial charge in [-0.15, -0.1) is 0 Å². The van der Waals surface area contributed by atoms with E-state index in [1.807, 2.05) is 0 Å². The fraction of sp³-hybridized carbons (Fsp3) is 0.667. The Hall–Kier alpha value is -1.52. The number of H-pyrrole nitrogens is 1. The fourth-order valence-corrected chi connectivity index (χ4v) is 6.09. The molecule has 1 aromatic heterocycles. The molecule has 2 fully saturated rings. The van der Waals surface area contributed by atoms with E-state index in [2.05, 4.69) is 15.6 Å². The number of aromatic nitrogens is 1. The van der Waals surface area contributed by atoms with Crippen molar-refractivity contribution in [3.8, 4) is 0 Å². The first-order chi connectivity index (χ1) is 13.5. The number of carbonyl (C=O) groups is 2. The molecule has 156 valence electrons. The van der Waals surface area contributed by atoms with Crippen LogP contribution in [0.3, 0.4) is 0 Å². The molecule has 0 aromatic carbocycles. The van der Waals surface area contributed by atoms with Crippen LogP contribution in [0.2, 0.25) is 0 Å². The minimum Gasteiger partial charge on any atom is -0.356 e. The lowest BCUT2D eigenvalue weighted by Gasteiger charge is -2.24. The first-order valence-corrected chi connectivity index (χ1v) is 12.4. The SMILES string of the molecule is O=C(CCNC(=O)c1cc(S(=O)(=O)N2CCSCC2)c[nH]1)NC1CCCCC1. The zero-order chi connectivity index (χ0) is 20.0. The van der Waals surface area contributed by atoms with Gasteiger partial charge in [-0.25, -0.2) is 8.42 Å². The second-order valence-corrected chi connectivity index (χ2v) is 10.3. The van der Waals surface area contributed by atoms with Crippen molar-refractivity contribution in [2.24, 2.45) is 0 Å². The number of hydrogen-bond donors (Lipinski definition) is 3. The van der Waals surface area contributed by atoms with Crippen LogP contribution in [0, 0.1) is 0 Å². The number of nitrogens with one attached hydrogen (secondary N) is 3. The predicted octanol–water partition coefficient (Wildman–Crippen LogP) is 1.32. The number of hydrogen-bond acceptors (Lipinski definition) is 5. The molecule has 1 aromatic rings. The molecular formula is C18H28N4O4S2. The van der Waals surface area contributed by atoms with E-state index in [9.17, 15) is 18.0 Å². The van der Waals surface area contributed by atoms with E-state index >= 15 is 0 Å². The smallest absolute Gasteiger partial charge is 0.267 e. The Balaban J connectivity index is 1.46. The average molecular weight is 429 g/mol. The number of aromatic amines is 1. The van der Waals surface area contributed by atoms with Gasteiger partial charge in [-0.05, 0) is 18.9 Å². The van der Waals surface area contributed by atoms with Gasteiger partial charge in [-0.2, -0.15) is 16.1 Å². The molecule has 1 aliphatic carbocycles. The Morgan fingerprint density at radius 1 is 1.18 bits per heavy atom. The van der Waals surface area contributed by atoms with Crippen molar-refractivity contribution < 1.29 is 18.0 Å². The van der Waals surface area contributed by atoms with E-state index in [4.69, 9.17) is 0 Å². The maximum atomic E-state index is 12.6. The molecule has 2 heterocycles. The third-order valence-corrected chi connectivity index (χ3v) is 7.94. The normalized spacial score (nSPS) is 19.3. The lowest BCUT2D eigenvalue weighted by Crippen LogP contribution is -2.38. The van der Waals surface area contributed by atoms with Gasteiger partial charge in [0.05, 0.1) is 0 Å². The summed E-state index contributed by atoms with van der Waals surface area (Å²) in [6, 6.07) is 1.61. The molecule has 0 unspecified atom stereocenters. The first kappa shape index (κ1) is 21.2. The Labute approximate surface area is 170 Å². The van der Waals surface area contributed by atoms with Crippen LogP contribution in [0.15, 0.2) is 17.2 Å². The summed E-state index contributed by atoms with van der Waals surface area (Å²) in [6.45, 7) is 1.17. The summed E-state index contributed by atoms with van der Waals surface area (Å²) in [6.07, 6.45) is 7.13. The molecule has 3 N–H and O–H groups in total. The lowest BCUT2D eigenvalue weighted by atomic mass is 9.95. The van der Waals surface area contributed by atoms with E-state index < -0.39 is 15.9 Å². The summed E-state index contributed by atoms with van der Waals surface area (Å²) in [7, 11) is -3.58. The maximum Gasteiger partial charge on any atom is 0.267 e. The van der Waals surface area contributed by atoms with Crippen molar-refractivity contribution in [3.05, 3.63) is 18.0 Å². The van der Waals surface area contributed by atoms with Crippen LogP contribution < -0.4 is 10.6 Å². The fourth-order valence-electron chi connectivity index (χ4n) is 3.52. The second-order valence-electron chi connectivity index (χ2n) is 7.17. The molecule has 1 saturated carbocycles. The monoisotopic (exact) mass is 428 g/mol. The van der Waals surface area contributed by atoms with Crippen LogP contribution in [0.25, 0.3) is 0 Å². The highest BCUT2D eigenvalue weighted by atomic mass is 32.2. The Bertz CT molecular complexity index is 781. The van der Waals surface area contributed by atoms with Crippen molar-refractivity contribution >= 4 is 33.6 Å². The highest BCUT2D eigenvalue weighted by Gasteiger charge is 2.27. The molecule has 3 rings (SSSR count). The third-order valence-electron chi connectivity index (χ3n) is 5.12. The Morgan fingerprint density at radius 3 is 2.61 bits per heavy atom. The van der Waals surface area contributed by atoms with Crippen molar-refractivity contribution in [1.82, 2.24) is 19.9 Å². The molecule has 2 aliphatic rings. The molecule has 0 spiro atoms. The van der Waals surface area contributed by atoms with Gasteiger partial charge >= 0.3 is 0 Å². The largest absolute Gasteiger partial charge is 0.356 e. The lowest BCUT2D eigenvalue weighted by molar-refractivity contribution is -0.121. The van der Waals surface area contributed by atoms with Gasteiger partial charge in [-0.3, -0.25) is 9.59 Å². The van der Waals surface area contributed by atoms with E-state index in [0.29, 0.717) is 13.1 Å². The number of rotatable bonds is 7. The number of sulfonamides is 1. The van der Waals surface area contributed by atoms with E-state index in [1.165, 1.54) is 23.0 Å². The standard InChI is InChI=1S/C18H28N4O4S2/c23-17(21-14-4-2-1-3-5-14)6-7-19-18(24)16-12-15(13-20-16)28(25,26)22-8-10-27-11-9-22/h12-14,20H,1-11H2,(H,19,24)(H,21,23). The zero-order valence-electron chi connectivity index (χ0n) is 15.9. The van der Waals surface area contributed by atoms with Crippen LogP contribution in [-0.4, -0.2) is 66.7 Å². The molecule has 0 bridgehead atoms.